The molecule has 1 amide bonds. The lowest BCUT2D eigenvalue weighted by Crippen LogP contribution is -2.27. The van der Waals surface area contributed by atoms with E-state index in [0.29, 0.717) is 38.0 Å². The SMILES string of the molecule is CC(C)CNC(=O)c1coc(CN(Cc2ccc(F)cc2)Cc2ccc(F)cc2)n1. The highest BCUT2D eigenvalue weighted by atomic mass is 19.1. The molecule has 1 N–H and O–H groups in total. The number of nitrogens with zero attached hydrogens (tertiary/aromatic N) is 2. The normalized spacial score (nSPS) is 11.3. The predicted molar refractivity (Wildman–Crippen MR) is 109 cm³/mol. The first-order valence-corrected chi connectivity index (χ1v) is 9.83. The number of amides is 1. The van der Waals surface area contributed by atoms with Gasteiger partial charge in [0.2, 0.25) is 5.89 Å². The fourth-order valence-electron chi connectivity index (χ4n) is 2.93. The summed E-state index contributed by atoms with van der Waals surface area (Å²) in [5.74, 6) is -0.138. The van der Waals surface area contributed by atoms with Crippen molar-refractivity contribution in [3.8, 4) is 0 Å². The van der Waals surface area contributed by atoms with Crippen LogP contribution in [0, 0.1) is 17.6 Å². The number of hydrogen-bond acceptors (Lipinski definition) is 4. The fraction of sp³-hybridized carbons (Fsp3) is 0.304. The Morgan fingerprint density at radius 1 is 0.967 bits per heavy atom. The Kier molecular flexibility index (Phi) is 7.30. The van der Waals surface area contributed by atoms with Crippen molar-refractivity contribution in [1.82, 2.24) is 15.2 Å². The molecule has 0 saturated carbocycles. The first-order valence-electron chi connectivity index (χ1n) is 9.83. The van der Waals surface area contributed by atoms with Crippen LogP contribution in [0.2, 0.25) is 0 Å². The first kappa shape index (κ1) is 21.6. The maximum atomic E-state index is 13.2. The average Bonchev–Trinajstić information content (AvgIpc) is 3.18. The number of benzene rings is 2. The van der Waals surface area contributed by atoms with Crippen molar-refractivity contribution in [2.24, 2.45) is 5.92 Å². The predicted octanol–water partition coefficient (Wildman–Crippen LogP) is 4.54. The minimum atomic E-state index is -0.298. The van der Waals surface area contributed by atoms with Gasteiger partial charge in [-0.1, -0.05) is 38.1 Å². The standard InChI is InChI=1S/C23H25F2N3O2/c1-16(2)11-26-23(29)21-15-30-22(27-21)14-28(12-17-3-7-19(24)8-4-17)13-18-5-9-20(25)10-6-18/h3-10,15-16H,11-14H2,1-2H3,(H,26,29). The smallest absolute Gasteiger partial charge is 0.273 e. The Bertz CT molecular complexity index is 906. The molecule has 0 spiro atoms. The number of oxazole rings is 1. The zero-order valence-electron chi connectivity index (χ0n) is 17.1. The molecular formula is C23H25F2N3O2. The summed E-state index contributed by atoms with van der Waals surface area (Å²) in [5, 5.41) is 2.81. The van der Waals surface area contributed by atoms with Crippen molar-refractivity contribution in [2.75, 3.05) is 6.54 Å². The molecule has 1 aromatic heterocycles. The lowest BCUT2D eigenvalue weighted by Gasteiger charge is -2.21. The van der Waals surface area contributed by atoms with Crippen molar-refractivity contribution in [1.29, 1.82) is 0 Å². The van der Waals surface area contributed by atoms with Crippen LogP contribution in [0.1, 0.15) is 41.4 Å². The van der Waals surface area contributed by atoms with Gasteiger partial charge >= 0.3 is 0 Å². The monoisotopic (exact) mass is 413 g/mol. The topological polar surface area (TPSA) is 58.4 Å². The fourth-order valence-corrected chi connectivity index (χ4v) is 2.93. The molecule has 2 aromatic carbocycles. The highest BCUT2D eigenvalue weighted by Gasteiger charge is 2.16. The Labute approximate surface area is 174 Å². The van der Waals surface area contributed by atoms with Crippen molar-refractivity contribution < 1.29 is 18.0 Å². The molecule has 0 aliphatic carbocycles. The van der Waals surface area contributed by atoms with Crippen LogP contribution in [0.25, 0.3) is 0 Å². The van der Waals surface area contributed by atoms with Crippen LogP contribution in [0.3, 0.4) is 0 Å². The molecule has 0 fully saturated rings. The lowest BCUT2D eigenvalue weighted by molar-refractivity contribution is 0.0944. The maximum absolute atomic E-state index is 13.2. The molecule has 0 saturated heterocycles. The van der Waals surface area contributed by atoms with Gasteiger partial charge in [0.25, 0.3) is 5.91 Å². The van der Waals surface area contributed by atoms with E-state index in [1.54, 1.807) is 24.3 Å². The Morgan fingerprint density at radius 3 is 2.00 bits per heavy atom. The molecule has 0 aliphatic rings. The Morgan fingerprint density at radius 2 is 1.50 bits per heavy atom. The summed E-state index contributed by atoms with van der Waals surface area (Å²) in [6.45, 7) is 5.94. The van der Waals surface area contributed by atoms with Crippen LogP contribution in [0.5, 0.6) is 0 Å². The number of hydrogen-bond donors (Lipinski definition) is 1. The first-order chi connectivity index (χ1) is 14.4. The summed E-state index contributed by atoms with van der Waals surface area (Å²) in [7, 11) is 0. The number of nitrogens with one attached hydrogen (secondary N) is 1. The average molecular weight is 413 g/mol. The number of carbonyl (C=O) groups excluding carboxylic acids is 1. The van der Waals surface area contributed by atoms with Crippen LogP contribution >= 0.6 is 0 Å². The number of rotatable bonds is 9. The van der Waals surface area contributed by atoms with Crippen LogP contribution < -0.4 is 5.32 Å². The van der Waals surface area contributed by atoms with Crippen LogP contribution in [-0.4, -0.2) is 22.3 Å². The van der Waals surface area contributed by atoms with E-state index in [1.807, 2.05) is 18.7 Å². The third kappa shape index (κ3) is 6.49. The van der Waals surface area contributed by atoms with E-state index in [1.165, 1.54) is 30.5 Å². The van der Waals surface area contributed by atoms with Gasteiger partial charge < -0.3 is 9.73 Å². The van der Waals surface area contributed by atoms with E-state index in [9.17, 15) is 13.6 Å². The van der Waals surface area contributed by atoms with E-state index < -0.39 is 0 Å². The molecule has 0 unspecified atom stereocenters. The summed E-state index contributed by atoms with van der Waals surface area (Å²) in [4.78, 5) is 18.5. The van der Waals surface area contributed by atoms with Gasteiger partial charge in [-0.2, -0.15) is 0 Å². The minimum absolute atomic E-state index is 0.231. The van der Waals surface area contributed by atoms with Crippen molar-refractivity contribution in [3.05, 3.63) is 89.1 Å². The van der Waals surface area contributed by atoms with Crippen molar-refractivity contribution in [2.45, 2.75) is 33.5 Å². The lowest BCUT2D eigenvalue weighted by atomic mass is 10.1. The number of aromatic nitrogens is 1. The zero-order chi connectivity index (χ0) is 21.5. The van der Waals surface area contributed by atoms with Gasteiger partial charge in [0.15, 0.2) is 5.69 Å². The summed E-state index contributed by atoms with van der Waals surface area (Å²) in [5.41, 5.74) is 2.06. The van der Waals surface area contributed by atoms with Gasteiger partial charge in [0.05, 0.1) is 6.54 Å². The molecule has 5 nitrogen and oxygen atoms in total. The Balaban J connectivity index is 1.72. The molecule has 0 aliphatic heterocycles. The summed E-state index contributed by atoms with van der Waals surface area (Å²) in [6, 6.07) is 12.5. The van der Waals surface area contributed by atoms with Crippen LogP contribution in [0.4, 0.5) is 8.78 Å². The molecule has 1 heterocycles. The van der Waals surface area contributed by atoms with Crippen molar-refractivity contribution >= 4 is 5.91 Å². The second-order valence-electron chi connectivity index (χ2n) is 7.63. The molecule has 158 valence electrons. The summed E-state index contributed by atoms with van der Waals surface area (Å²) in [6.07, 6.45) is 1.35. The largest absolute Gasteiger partial charge is 0.447 e. The van der Waals surface area contributed by atoms with Gasteiger partial charge in [-0.05, 0) is 41.3 Å². The van der Waals surface area contributed by atoms with Gasteiger partial charge in [0, 0.05) is 19.6 Å². The van der Waals surface area contributed by atoms with E-state index in [-0.39, 0.29) is 23.2 Å². The highest BCUT2D eigenvalue weighted by molar-refractivity contribution is 5.91. The quantitative estimate of drug-likeness (QED) is 0.560. The van der Waals surface area contributed by atoms with Gasteiger partial charge in [-0.3, -0.25) is 9.69 Å². The van der Waals surface area contributed by atoms with E-state index in [0.717, 1.165) is 11.1 Å². The Hall–Kier alpha value is -3.06. The van der Waals surface area contributed by atoms with E-state index in [2.05, 4.69) is 10.3 Å². The molecule has 3 rings (SSSR count). The molecular weight excluding hydrogens is 388 g/mol. The third-order valence-corrected chi connectivity index (χ3v) is 4.45. The van der Waals surface area contributed by atoms with Crippen molar-refractivity contribution in [3.63, 3.8) is 0 Å². The molecule has 7 heteroatoms. The van der Waals surface area contributed by atoms with E-state index >= 15 is 0 Å². The van der Waals surface area contributed by atoms with E-state index in [4.69, 9.17) is 4.42 Å². The third-order valence-electron chi connectivity index (χ3n) is 4.45. The van der Waals surface area contributed by atoms with Gasteiger partial charge in [0.1, 0.15) is 17.9 Å². The molecule has 0 bridgehead atoms. The maximum Gasteiger partial charge on any atom is 0.273 e. The summed E-state index contributed by atoms with van der Waals surface area (Å²) < 4.78 is 32.0. The van der Waals surface area contributed by atoms with Gasteiger partial charge in [-0.15, -0.1) is 0 Å². The van der Waals surface area contributed by atoms with Gasteiger partial charge in [-0.25, -0.2) is 13.8 Å². The summed E-state index contributed by atoms with van der Waals surface area (Å²) >= 11 is 0. The second-order valence-corrected chi connectivity index (χ2v) is 7.63. The zero-order valence-corrected chi connectivity index (χ0v) is 17.1. The van der Waals surface area contributed by atoms with Crippen LogP contribution in [0.15, 0.2) is 59.2 Å². The molecule has 30 heavy (non-hydrogen) atoms. The van der Waals surface area contributed by atoms with Crippen LogP contribution in [-0.2, 0) is 19.6 Å². The number of carbonyl (C=O) groups is 1. The highest BCUT2D eigenvalue weighted by Crippen LogP contribution is 2.15. The molecule has 3 aromatic rings. The second kappa shape index (κ2) is 10.1. The number of halogens is 2. The molecule has 0 radical (unpaired) electrons. The molecule has 0 atom stereocenters. The minimum Gasteiger partial charge on any atom is -0.447 e.